The summed E-state index contributed by atoms with van der Waals surface area (Å²) in [7, 11) is 5.94. The third-order valence-electron chi connectivity index (χ3n) is 5.34. The van der Waals surface area contributed by atoms with E-state index in [4.69, 9.17) is 30.5 Å². The molecule has 0 saturated carbocycles. The molecule has 1 aliphatic rings. The number of ether oxygens (including phenoxy) is 4. The van der Waals surface area contributed by atoms with Gasteiger partial charge in [-0.05, 0) is 35.7 Å². The normalized spacial score (nSPS) is 14.9. The Morgan fingerprint density at radius 3 is 2.22 bits per heavy atom. The van der Waals surface area contributed by atoms with E-state index in [9.17, 15) is 14.7 Å². The molecule has 1 unspecified atom stereocenters. The predicted octanol–water partition coefficient (Wildman–Crippen LogP) is 2.65. The third kappa shape index (κ3) is 4.62. The highest BCUT2D eigenvalue weighted by Gasteiger charge is 2.33. The second kappa shape index (κ2) is 9.86. The van der Waals surface area contributed by atoms with E-state index in [1.807, 2.05) is 0 Å². The molecule has 10 heteroatoms. The van der Waals surface area contributed by atoms with E-state index in [0.717, 1.165) is 5.56 Å². The maximum Gasteiger partial charge on any atom is 0.322 e. The Morgan fingerprint density at radius 2 is 1.62 bits per heavy atom. The number of halogens is 1. The van der Waals surface area contributed by atoms with Gasteiger partial charge >= 0.3 is 6.03 Å². The summed E-state index contributed by atoms with van der Waals surface area (Å²) < 4.78 is 21.2. The van der Waals surface area contributed by atoms with E-state index in [2.05, 4.69) is 5.32 Å². The zero-order chi connectivity index (χ0) is 23.4. The number of benzene rings is 2. The summed E-state index contributed by atoms with van der Waals surface area (Å²) in [4.78, 5) is 26.2. The molecule has 0 aliphatic carbocycles. The number of rotatable bonds is 7. The molecule has 0 saturated heterocycles. The summed E-state index contributed by atoms with van der Waals surface area (Å²) in [5.74, 6) is 0.444. The van der Waals surface area contributed by atoms with Gasteiger partial charge in [0.2, 0.25) is 0 Å². The van der Waals surface area contributed by atoms with Crippen molar-refractivity contribution in [3.63, 3.8) is 0 Å². The number of carbonyl (C=O) groups excluding carboxylic acids is 2. The number of hydrogen-bond donors (Lipinski definition) is 1. The molecule has 0 bridgehead atoms. The van der Waals surface area contributed by atoms with Crippen molar-refractivity contribution >= 4 is 29.3 Å². The van der Waals surface area contributed by atoms with Crippen LogP contribution in [0.1, 0.15) is 23.6 Å². The molecule has 0 fully saturated rings. The van der Waals surface area contributed by atoms with Crippen LogP contribution in [-0.2, 0) is 11.2 Å². The number of nitrogens with zero attached hydrogens (tertiary/aromatic N) is 1. The van der Waals surface area contributed by atoms with Gasteiger partial charge in [0, 0.05) is 25.0 Å². The number of hydrogen-bond acceptors (Lipinski definition) is 7. The van der Waals surface area contributed by atoms with Gasteiger partial charge in [-0.25, -0.2) is 4.79 Å². The maximum absolute atomic E-state index is 13.2. The van der Waals surface area contributed by atoms with Crippen LogP contribution in [0.3, 0.4) is 0 Å². The minimum atomic E-state index is -1.28. The minimum Gasteiger partial charge on any atom is -0.550 e. The number of nitrogens with one attached hydrogen (secondary N) is 1. The Bertz CT molecular complexity index is 1030. The monoisotopic (exact) mass is 463 g/mol. The van der Waals surface area contributed by atoms with Crippen LogP contribution >= 0.6 is 11.6 Å². The molecule has 2 amide bonds. The first-order chi connectivity index (χ1) is 15.3. The number of fused-ring (bicyclic) bond motifs is 1. The molecule has 1 heterocycles. The Balaban J connectivity index is 1.96. The lowest BCUT2D eigenvalue weighted by Gasteiger charge is -2.38. The SMILES string of the molecule is COc1cc(OC)c(NC(=O)N2CCc3cc(OC)c(OC)cc3C2CC(=O)[O-])cc1Cl. The van der Waals surface area contributed by atoms with Crippen LogP contribution in [0, 0.1) is 0 Å². The largest absolute Gasteiger partial charge is 0.550 e. The molecule has 2 aromatic carbocycles. The van der Waals surface area contributed by atoms with E-state index in [0.29, 0.717) is 47.2 Å². The lowest BCUT2D eigenvalue weighted by molar-refractivity contribution is -0.306. The van der Waals surface area contributed by atoms with E-state index in [1.54, 1.807) is 18.2 Å². The zero-order valence-corrected chi connectivity index (χ0v) is 18.9. The molecule has 9 nitrogen and oxygen atoms in total. The van der Waals surface area contributed by atoms with Crippen LogP contribution in [0.5, 0.6) is 23.0 Å². The van der Waals surface area contributed by atoms with Crippen LogP contribution in [0.15, 0.2) is 24.3 Å². The van der Waals surface area contributed by atoms with Gasteiger partial charge in [0.1, 0.15) is 11.5 Å². The fourth-order valence-electron chi connectivity index (χ4n) is 3.79. The molecule has 0 spiro atoms. The van der Waals surface area contributed by atoms with Crippen molar-refractivity contribution in [1.82, 2.24) is 4.90 Å². The van der Waals surface area contributed by atoms with Crippen molar-refractivity contribution in [3.05, 3.63) is 40.4 Å². The van der Waals surface area contributed by atoms with Gasteiger partial charge in [0.15, 0.2) is 11.5 Å². The molecule has 172 valence electrons. The second-order valence-electron chi connectivity index (χ2n) is 7.06. The first-order valence-corrected chi connectivity index (χ1v) is 10.1. The molecule has 0 radical (unpaired) electrons. The van der Waals surface area contributed by atoms with Crippen molar-refractivity contribution in [2.24, 2.45) is 0 Å². The number of urea groups is 1. The van der Waals surface area contributed by atoms with Crippen LogP contribution in [0.25, 0.3) is 0 Å². The molecule has 3 rings (SSSR count). The summed E-state index contributed by atoms with van der Waals surface area (Å²) >= 11 is 6.20. The fraction of sp³-hybridized carbons (Fsp3) is 0.364. The molecule has 1 atom stereocenters. The van der Waals surface area contributed by atoms with Gasteiger partial charge in [-0.3, -0.25) is 0 Å². The number of carboxylic acid groups (broad SMARTS) is 1. The summed E-state index contributed by atoms with van der Waals surface area (Å²) in [6.07, 6.45) is 0.129. The summed E-state index contributed by atoms with van der Waals surface area (Å²) in [6, 6.07) is 5.31. The molecule has 1 N–H and O–H groups in total. The molecule has 32 heavy (non-hydrogen) atoms. The number of carboxylic acids is 1. The quantitative estimate of drug-likeness (QED) is 0.672. The number of amides is 2. The van der Waals surface area contributed by atoms with Gasteiger partial charge < -0.3 is 39.1 Å². The van der Waals surface area contributed by atoms with E-state index >= 15 is 0 Å². The van der Waals surface area contributed by atoms with Crippen LogP contribution < -0.4 is 29.4 Å². The smallest absolute Gasteiger partial charge is 0.322 e. The van der Waals surface area contributed by atoms with Crippen LogP contribution in [0.4, 0.5) is 10.5 Å². The van der Waals surface area contributed by atoms with Crippen molar-refractivity contribution in [2.75, 3.05) is 40.3 Å². The zero-order valence-electron chi connectivity index (χ0n) is 18.2. The van der Waals surface area contributed by atoms with Gasteiger partial charge in [0.25, 0.3) is 0 Å². The highest BCUT2D eigenvalue weighted by Crippen LogP contribution is 2.40. The molecule has 0 aromatic heterocycles. The topological polar surface area (TPSA) is 109 Å². The number of methoxy groups -OCH3 is 4. The first-order valence-electron chi connectivity index (χ1n) is 9.76. The molecule has 2 aromatic rings. The Kier molecular flexibility index (Phi) is 7.19. The second-order valence-corrected chi connectivity index (χ2v) is 7.47. The van der Waals surface area contributed by atoms with Gasteiger partial charge in [-0.1, -0.05) is 11.6 Å². The van der Waals surface area contributed by atoms with Crippen molar-refractivity contribution in [1.29, 1.82) is 0 Å². The lowest BCUT2D eigenvalue weighted by Crippen LogP contribution is -2.44. The van der Waals surface area contributed by atoms with Gasteiger partial charge in [-0.2, -0.15) is 0 Å². The Morgan fingerprint density at radius 1 is 1.00 bits per heavy atom. The first kappa shape index (κ1) is 23.3. The standard InChI is InChI=1S/C22H25ClN2O7/c1-29-17-11-18(30-2)15(9-14(17)23)24-22(28)25-6-5-12-7-19(31-3)20(32-4)8-13(12)16(25)10-21(26)27/h7-9,11,16H,5-6,10H2,1-4H3,(H,24,28)(H,26,27)/p-1. The number of aliphatic carboxylic acids is 1. The summed E-state index contributed by atoms with van der Waals surface area (Å²) in [5, 5.41) is 14.6. The molecule has 1 aliphatic heterocycles. The van der Waals surface area contributed by atoms with E-state index < -0.39 is 18.0 Å². The van der Waals surface area contributed by atoms with E-state index in [-0.39, 0.29) is 11.4 Å². The highest BCUT2D eigenvalue weighted by atomic mass is 35.5. The summed E-state index contributed by atoms with van der Waals surface area (Å²) in [5.41, 5.74) is 1.87. The lowest BCUT2D eigenvalue weighted by atomic mass is 9.90. The maximum atomic E-state index is 13.2. The molecular formula is C22H24ClN2O7-. The van der Waals surface area contributed by atoms with Crippen molar-refractivity contribution < 1.29 is 33.6 Å². The fourth-order valence-corrected chi connectivity index (χ4v) is 4.03. The van der Waals surface area contributed by atoms with Gasteiger partial charge in [0.05, 0.1) is 45.2 Å². The van der Waals surface area contributed by atoms with Crippen LogP contribution in [-0.4, -0.2) is 51.9 Å². The summed E-state index contributed by atoms with van der Waals surface area (Å²) in [6.45, 7) is 0.290. The average molecular weight is 464 g/mol. The number of anilines is 1. The van der Waals surface area contributed by atoms with E-state index in [1.165, 1.54) is 39.4 Å². The Labute approximate surface area is 190 Å². The van der Waals surface area contributed by atoms with Crippen molar-refractivity contribution in [2.45, 2.75) is 18.9 Å². The highest BCUT2D eigenvalue weighted by molar-refractivity contribution is 6.32. The average Bonchev–Trinajstić information content (AvgIpc) is 2.78. The number of carbonyl (C=O) groups is 2. The van der Waals surface area contributed by atoms with Crippen LogP contribution in [0.2, 0.25) is 5.02 Å². The molecular weight excluding hydrogens is 440 g/mol. The minimum absolute atomic E-state index is 0.288. The van der Waals surface area contributed by atoms with Crippen molar-refractivity contribution in [3.8, 4) is 23.0 Å². The van der Waals surface area contributed by atoms with Gasteiger partial charge in [-0.15, -0.1) is 0 Å². The Hall–Kier alpha value is -3.33. The predicted molar refractivity (Wildman–Crippen MR) is 116 cm³/mol. The third-order valence-corrected chi connectivity index (χ3v) is 5.63.